The molecule has 120 valence electrons. The van der Waals surface area contributed by atoms with Gasteiger partial charge in [-0.1, -0.05) is 29.8 Å². The van der Waals surface area contributed by atoms with Crippen molar-refractivity contribution in [3.05, 3.63) is 28.2 Å². The monoisotopic (exact) mass is 357 g/mol. The average Bonchev–Trinajstić information content (AvgIpc) is 2.47. The molecule has 0 aliphatic carbocycles. The molecular weight excluding hydrogens is 330 g/mol. The molecule has 0 fully saturated rings. The van der Waals surface area contributed by atoms with Gasteiger partial charge in [-0.3, -0.25) is 0 Å². The van der Waals surface area contributed by atoms with Crippen LogP contribution in [0.4, 0.5) is 0 Å². The van der Waals surface area contributed by atoms with Gasteiger partial charge in [-0.15, -0.1) is 0 Å². The van der Waals surface area contributed by atoms with Gasteiger partial charge < -0.3 is 14.8 Å². The Kier molecular flexibility index (Phi) is 8.97. The Balaban J connectivity index is 2.74. The van der Waals surface area contributed by atoms with Crippen molar-refractivity contribution in [2.75, 3.05) is 27.4 Å². The number of nitrogens with one attached hydrogen (secondary N) is 1. The van der Waals surface area contributed by atoms with Crippen LogP contribution in [0.15, 0.2) is 22.7 Å². The van der Waals surface area contributed by atoms with Crippen molar-refractivity contribution in [3.63, 3.8) is 0 Å². The van der Waals surface area contributed by atoms with E-state index in [1.807, 2.05) is 6.07 Å². The van der Waals surface area contributed by atoms with E-state index in [9.17, 15) is 0 Å². The quantitative estimate of drug-likeness (QED) is 0.685. The topological polar surface area (TPSA) is 30.5 Å². The van der Waals surface area contributed by atoms with E-state index < -0.39 is 0 Å². The summed E-state index contributed by atoms with van der Waals surface area (Å²) in [6.07, 6.45) is 3.25. The van der Waals surface area contributed by atoms with Crippen LogP contribution in [0.25, 0.3) is 0 Å². The maximum atomic E-state index is 5.33. The second-order valence-corrected chi connectivity index (χ2v) is 6.46. The van der Waals surface area contributed by atoms with Crippen molar-refractivity contribution in [2.45, 2.75) is 39.2 Å². The SMILES string of the molecule is CCCNC(Cc1cc(OC)ccc1Br)CC(C)COC. The van der Waals surface area contributed by atoms with Crippen LogP contribution >= 0.6 is 15.9 Å². The number of benzene rings is 1. The summed E-state index contributed by atoms with van der Waals surface area (Å²) in [5.74, 6) is 1.46. The van der Waals surface area contributed by atoms with Gasteiger partial charge >= 0.3 is 0 Å². The third kappa shape index (κ3) is 6.81. The summed E-state index contributed by atoms with van der Waals surface area (Å²) >= 11 is 3.65. The third-order valence-corrected chi connectivity index (χ3v) is 4.31. The standard InChI is InChI=1S/C17H28BrNO2/c1-5-8-19-15(9-13(2)12-20-3)10-14-11-16(21-4)6-7-17(14)18/h6-7,11,13,15,19H,5,8-10,12H2,1-4H3. The Morgan fingerprint density at radius 3 is 2.67 bits per heavy atom. The molecular formula is C17H28BrNO2. The molecule has 4 heteroatoms. The van der Waals surface area contributed by atoms with Gasteiger partial charge in [0, 0.05) is 24.2 Å². The summed E-state index contributed by atoms with van der Waals surface area (Å²) in [6, 6.07) is 6.61. The minimum Gasteiger partial charge on any atom is -0.497 e. The lowest BCUT2D eigenvalue weighted by molar-refractivity contribution is 0.149. The molecule has 2 unspecified atom stereocenters. The zero-order valence-corrected chi connectivity index (χ0v) is 15.2. The first-order valence-corrected chi connectivity index (χ1v) is 8.44. The van der Waals surface area contributed by atoms with E-state index in [-0.39, 0.29) is 0 Å². The number of hydrogen-bond acceptors (Lipinski definition) is 3. The molecule has 0 aliphatic rings. The Labute approximate surface area is 137 Å². The van der Waals surface area contributed by atoms with Gasteiger partial charge in [0.2, 0.25) is 0 Å². The highest BCUT2D eigenvalue weighted by molar-refractivity contribution is 9.10. The minimum absolute atomic E-state index is 0.457. The molecule has 0 heterocycles. The maximum Gasteiger partial charge on any atom is 0.119 e. The molecule has 0 saturated carbocycles. The first-order chi connectivity index (χ1) is 10.1. The largest absolute Gasteiger partial charge is 0.497 e. The summed E-state index contributed by atoms with van der Waals surface area (Å²) < 4.78 is 11.7. The molecule has 0 saturated heterocycles. The summed E-state index contributed by atoms with van der Waals surface area (Å²) in [5, 5.41) is 3.65. The van der Waals surface area contributed by atoms with Crippen molar-refractivity contribution >= 4 is 15.9 Å². The molecule has 3 nitrogen and oxygen atoms in total. The van der Waals surface area contributed by atoms with Crippen LogP contribution in [0.5, 0.6) is 5.75 Å². The Hall–Kier alpha value is -0.580. The smallest absolute Gasteiger partial charge is 0.119 e. The number of halogens is 1. The second kappa shape index (κ2) is 10.2. The Morgan fingerprint density at radius 2 is 2.05 bits per heavy atom. The van der Waals surface area contributed by atoms with Gasteiger partial charge in [0.1, 0.15) is 5.75 Å². The number of hydrogen-bond donors (Lipinski definition) is 1. The maximum absolute atomic E-state index is 5.33. The molecule has 0 spiro atoms. The van der Waals surface area contributed by atoms with Gasteiger partial charge in [0.15, 0.2) is 0 Å². The van der Waals surface area contributed by atoms with Gasteiger partial charge in [0.05, 0.1) is 7.11 Å². The molecule has 0 bridgehead atoms. The van der Waals surface area contributed by atoms with E-state index in [0.29, 0.717) is 12.0 Å². The number of ether oxygens (including phenoxy) is 2. The van der Waals surface area contributed by atoms with Crippen LogP contribution in [-0.4, -0.2) is 33.4 Å². The normalized spacial score (nSPS) is 14.0. The molecule has 1 N–H and O–H groups in total. The van der Waals surface area contributed by atoms with Crippen molar-refractivity contribution in [1.82, 2.24) is 5.32 Å². The molecule has 0 aliphatic heterocycles. The molecule has 0 amide bonds. The van der Waals surface area contributed by atoms with Crippen LogP contribution in [0, 0.1) is 5.92 Å². The lowest BCUT2D eigenvalue weighted by atomic mass is 9.96. The van der Waals surface area contributed by atoms with E-state index in [1.54, 1.807) is 14.2 Å². The highest BCUT2D eigenvalue weighted by atomic mass is 79.9. The van der Waals surface area contributed by atoms with E-state index in [4.69, 9.17) is 9.47 Å². The van der Waals surface area contributed by atoms with Crippen molar-refractivity contribution in [1.29, 1.82) is 0 Å². The first kappa shape index (κ1) is 18.5. The number of rotatable bonds is 10. The molecule has 21 heavy (non-hydrogen) atoms. The van der Waals surface area contributed by atoms with Crippen LogP contribution in [-0.2, 0) is 11.2 Å². The minimum atomic E-state index is 0.457. The number of methoxy groups -OCH3 is 2. The third-order valence-electron chi connectivity index (χ3n) is 3.54. The highest BCUT2D eigenvalue weighted by Crippen LogP contribution is 2.25. The average molecular weight is 358 g/mol. The summed E-state index contributed by atoms with van der Waals surface area (Å²) in [4.78, 5) is 0. The predicted molar refractivity (Wildman–Crippen MR) is 92.1 cm³/mol. The zero-order chi connectivity index (χ0) is 15.7. The van der Waals surface area contributed by atoms with Crippen molar-refractivity contribution < 1.29 is 9.47 Å². The second-order valence-electron chi connectivity index (χ2n) is 5.61. The fourth-order valence-corrected chi connectivity index (χ4v) is 2.93. The molecule has 2 atom stereocenters. The fourth-order valence-electron chi connectivity index (χ4n) is 2.53. The van der Waals surface area contributed by atoms with E-state index >= 15 is 0 Å². The molecule has 1 aromatic carbocycles. The Bertz CT molecular complexity index is 412. The van der Waals surface area contributed by atoms with Gasteiger partial charge in [-0.05, 0) is 55.5 Å². The summed E-state index contributed by atoms with van der Waals surface area (Å²) in [7, 11) is 3.48. The highest BCUT2D eigenvalue weighted by Gasteiger charge is 2.15. The van der Waals surface area contributed by atoms with Gasteiger partial charge in [-0.2, -0.15) is 0 Å². The lowest BCUT2D eigenvalue weighted by Crippen LogP contribution is -2.34. The van der Waals surface area contributed by atoms with Crippen molar-refractivity contribution in [3.8, 4) is 5.75 Å². The molecule has 1 aromatic rings. The zero-order valence-electron chi connectivity index (χ0n) is 13.6. The van der Waals surface area contributed by atoms with Crippen molar-refractivity contribution in [2.24, 2.45) is 5.92 Å². The lowest BCUT2D eigenvalue weighted by Gasteiger charge is -2.23. The predicted octanol–water partition coefficient (Wildman–Crippen LogP) is 4.04. The van der Waals surface area contributed by atoms with Gasteiger partial charge in [-0.25, -0.2) is 0 Å². The molecule has 1 rings (SSSR count). The molecule has 0 aromatic heterocycles. The summed E-state index contributed by atoms with van der Waals surface area (Å²) in [5.41, 5.74) is 1.28. The van der Waals surface area contributed by atoms with E-state index in [0.717, 1.165) is 42.6 Å². The van der Waals surface area contributed by atoms with Crippen LogP contribution in [0.1, 0.15) is 32.3 Å². The van der Waals surface area contributed by atoms with E-state index in [1.165, 1.54) is 5.56 Å². The molecule has 0 radical (unpaired) electrons. The Morgan fingerprint density at radius 1 is 1.29 bits per heavy atom. The summed E-state index contributed by atoms with van der Waals surface area (Å²) in [6.45, 7) is 6.30. The fraction of sp³-hybridized carbons (Fsp3) is 0.647. The van der Waals surface area contributed by atoms with Gasteiger partial charge in [0.25, 0.3) is 0 Å². The van der Waals surface area contributed by atoms with E-state index in [2.05, 4.69) is 47.2 Å². The van der Waals surface area contributed by atoms with Crippen LogP contribution in [0.2, 0.25) is 0 Å². The van der Waals surface area contributed by atoms with Crippen LogP contribution in [0.3, 0.4) is 0 Å². The van der Waals surface area contributed by atoms with Crippen LogP contribution < -0.4 is 10.1 Å². The first-order valence-electron chi connectivity index (χ1n) is 7.65.